The lowest BCUT2D eigenvalue weighted by Gasteiger charge is -2.30. The zero-order chi connectivity index (χ0) is 15.9. The number of hydrogen-bond acceptors (Lipinski definition) is 4. The monoisotopic (exact) mass is 337 g/mol. The number of thiophene rings is 1. The summed E-state index contributed by atoms with van der Waals surface area (Å²) in [6.45, 7) is 7.23. The molecule has 2 aliphatic rings. The number of ether oxygens (including phenoxy) is 2. The van der Waals surface area contributed by atoms with Gasteiger partial charge < -0.3 is 9.47 Å². The Morgan fingerprint density at radius 1 is 1.26 bits per heavy atom. The predicted octanol–water partition coefficient (Wildman–Crippen LogP) is 4.32. The molecule has 130 valence electrons. The minimum absolute atomic E-state index is 0.420. The van der Waals surface area contributed by atoms with Crippen molar-refractivity contribution in [3.05, 3.63) is 22.4 Å². The Labute approximate surface area is 145 Å². The standard InChI is InChI=1S/C19H31NO2S/c1-16-6-2-3-9-19(16)22-12-10-20(14-17-7-4-11-21-17)15-18-8-5-13-23-18/h5,8,13,16-17,19H,2-4,6-7,9-12,14-15H2,1H3/t16-,17-,19+/m1/s1. The van der Waals surface area contributed by atoms with E-state index in [1.807, 2.05) is 11.3 Å². The van der Waals surface area contributed by atoms with Gasteiger partial charge in [0.25, 0.3) is 0 Å². The molecule has 1 saturated carbocycles. The van der Waals surface area contributed by atoms with Crippen LogP contribution in [0.5, 0.6) is 0 Å². The summed E-state index contributed by atoms with van der Waals surface area (Å²) in [5, 5.41) is 2.17. The van der Waals surface area contributed by atoms with E-state index in [9.17, 15) is 0 Å². The molecule has 3 nitrogen and oxygen atoms in total. The van der Waals surface area contributed by atoms with Gasteiger partial charge in [0.15, 0.2) is 0 Å². The highest BCUT2D eigenvalue weighted by atomic mass is 32.1. The van der Waals surface area contributed by atoms with Gasteiger partial charge in [-0.05, 0) is 43.0 Å². The highest BCUT2D eigenvalue weighted by Gasteiger charge is 2.23. The molecule has 0 amide bonds. The third-order valence-electron chi connectivity index (χ3n) is 5.22. The van der Waals surface area contributed by atoms with Crippen LogP contribution in [0, 0.1) is 5.92 Å². The molecule has 4 heteroatoms. The van der Waals surface area contributed by atoms with Crippen LogP contribution in [0.2, 0.25) is 0 Å². The molecule has 0 N–H and O–H groups in total. The summed E-state index contributed by atoms with van der Waals surface area (Å²) >= 11 is 1.85. The van der Waals surface area contributed by atoms with Gasteiger partial charge in [-0.3, -0.25) is 4.90 Å². The molecule has 1 saturated heterocycles. The van der Waals surface area contributed by atoms with Crippen LogP contribution in [-0.4, -0.2) is 43.4 Å². The van der Waals surface area contributed by atoms with Crippen molar-refractivity contribution in [2.75, 3.05) is 26.3 Å². The lowest BCUT2D eigenvalue weighted by molar-refractivity contribution is -0.0196. The average Bonchev–Trinajstić information content (AvgIpc) is 3.23. The Bertz CT molecular complexity index is 431. The fourth-order valence-corrected chi connectivity index (χ4v) is 4.54. The summed E-state index contributed by atoms with van der Waals surface area (Å²) in [6.07, 6.45) is 8.62. The maximum atomic E-state index is 6.23. The number of rotatable bonds is 8. The second-order valence-electron chi connectivity index (χ2n) is 7.12. The third kappa shape index (κ3) is 5.56. The van der Waals surface area contributed by atoms with Crippen molar-refractivity contribution in [1.82, 2.24) is 4.90 Å². The van der Waals surface area contributed by atoms with Gasteiger partial charge in [0.05, 0.1) is 18.8 Å². The maximum Gasteiger partial charge on any atom is 0.0703 e. The molecule has 3 atom stereocenters. The summed E-state index contributed by atoms with van der Waals surface area (Å²) in [6, 6.07) is 4.38. The van der Waals surface area contributed by atoms with Crippen LogP contribution in [0.4, 0.5) is 0 Å². The van der Waals surface area contributed by atoms with E-state index < -0.39 is 0 Å². The van der Waals surface area contributed by atoms with E-state index in [4.69, 9.17) is 9.47 Å². The van der Waals surface area contributed by atoms with Gasteiger partial charge in [-0.1, -0.05) is 25.8 Å². The molecule has 0 bridgehead atoms. The van der Waals surface area contributed by atoms with Crippen molar-refractivity contribution in [3.8, 4) is 0 Å². The van der Waals surface area contributed by atoms with Gasteiger partial charge in [-0.15, -0.1) is 11.3 Å². The van der Waals surface area contributed by atoms with E-state index in [2.05, 4.69) is 29.3 Å². The number of nitrogens with zero attached hydrogens (tertiary/aromatic N) is 1. The molecule has 1 aromatic heterocycles. The highest BCUT2D eigenvalue weighted by molar-refractivity contribution is 7.09. The zero-order valence-electron chi connectivity index (χ0n) is 14.4. The normalized spacial score (nSPS) is 28.5. The molecule has 1 aliphatic heterocycles. The lowest BCUT2D eigenvalue weighted by atomic mass is 9.88. The van der Waals surface area contributed by atoms with Crippen LogP contribution in [0.3, 0.4) is 0 Å². The fourth-order valence-electron chi connectivity index (χ4n) is 3.80. The Morgan fingerprint density at radius 2 is 2.17 bits per heavy atom. The van der Waals surface area contributed by atoms with Crippen LogP contribution in [0.1, 0.15) is 50.3 Å². The second-order valence-corrected chi connectivity index (χ2v) is 8.15. The van der Waals surface area contributed by atoms with E-state index in [-0.39, 0.29) is 0 Å². The molecule has 0 aromatic carbocycles. The molecule has 3 rings (SSSR count). The van der Waals surface area contributed by atoms with Gasteiger partial charge in [0.1, 0.15) is 0 Å². The smallest absolute Gasteiger partial charge is 0.0703 e. The van der Waals surface area contributed by atoms with Crippen molar-refractivity contribution in [1.29, 1.82) is 0 Å². The van der Waals surface area contributed by atoms with E-state index in [0.717, 1.165) is 38.8 Å². The van der Waals surface area contributed by atoms with Crippen molar-refractivity contribution >= 4 is 11.3 Å². The molecule has 0 radical (unpaired) electrons. The Balaban J connectivity index is 1.46. The van der Waals surface area contributed by atoms with Crippen molar-refractivity contribution < 1.29 is 9.47 Å². The second kappa shape index (κ2) is 9.16. The zero-order valence-corrected chi connectivity index (χ0v) is 15.2. The van der Waals surface area contributed by atoms with Gasteiger partial charge >= 0.3 is 0 Å². The fraction of sp³-hybridized carbons (Fsp3) is 0.789. The predicted molar refractivity (Wildman–Crippen MR) is 95.9 cm³/mol. The minimum atomic E-state index is 0.420. The quantitative estimate of drug-likeness (QED) is 0.705. The first-order chi connectivity index (χ1) is 11.3. The van der Waals surface area contributed by atoms with Gasteiger partial charge in [-0.2, -0.15) is 0 Å². The first-order valence-corrected chi connectivity index (χ1v) is 10.2. The van der Waals surface area contributed by atoms with Gasteiger partial charge in [0.2, 0.25) is 0 Å². The van der Waals surface area contributed by atoms with Crippen LogP contribution in [0.25, 0.3) is 0 Å². The van der Waals surface area contributed by atoms with Crippen molar-refractivity contribution in [3.63, 3.8) is 0 Å². The molecular weight excluding hydrogens is 306 g/mol. The SMILES string of the molecule is C[C@@H]1CCCC[C@@H]1OCCN(Cc1cccs1)C[C@H]1CCCO1. The first kappa shape index (κ1) is 17.4. The van der Waals surface area contributed by atoms with Crippen LogP contribution in [0.15, 0.2) is 17.5 Å². The number of hydrogen-bond donors (Lipinski definition) is 0. The molecule has 2 heterocycles. The average molecular weight is 338 g/mol. The molecule has 1 aliphatic carbocycles. The van der Waals surface area contributed by atoms with Crippen molar-refractivity contribution in [2.45, 2.75) is 64.2 Å². The maximum absolute atomic E-state index is 6.23. The molecular formula is C19H31NO2S. The lowest BCUT2D eigenvalue weighted by Crippen LogP contribution is -2.36. The largest absolute Gasteiger partial charge is 0.377 e. The molecule has 2 fully saturated rings. The minimum Gasteiger partial charge on any atom is -0.377 e. The van der Waals surface area contributed by atoms with Crippen LogP contribution >= 0.6 is 11.3 Å². The van der Waals surface area contributed by atoms with Gasteiger partial charge in [-0.25, -0.2) is 0 Å². The summed E-state index contributed by atoms with van der Waals surface area (Å²) in [7, 11) is 0. The van der Waals surface area contributed by atoms with Crippen molar-refractivity contribution in [2.24, 2.45) is 5.92 Å². The molecule has 0 unspecified atom stereocenters. The summed E-state index contributed by atoms with van der Waals surface area (Å²) < 4.78 is 12.1. The Kier molecular flexibility index (Phi) is 6.94. The first-order valence-electron chi connectivity index (χ1n) is 9.29. The van der Waals surface area contributed by atoms with E-state index in [0.29, 0.717) is 12.2 Å². The summed E-state index contributed by atoms with van der Waals surface area (Å²) in [4.78, 5) is 3.96. The summed E-state index contributed by atoms with van der Waals surface area (Å²) in [5.74, 6) is 0.729. The Hall–Kier alpha value is -0.420. The summed E-state index contributed by atoms with van der Waals surface area (Å²) in [5.41, 5.74) is 0. The van der Waals surface area contributed by atoms with E-state index in [1.54, 1.807) is 0 Å². The molecule has 1 aromatic rings. The third-order valence-corrected chi connectivity index (χ3v) is 6.08. The van der Waals surface area contributed by atoms with Crippen LogP contribution < -0.4 is 0 Å². The molecule has 23 heavy (non-hydrogen) atoms. The van der Waals surface area contributed by atoms with Crippen LogP contribution in [-0.2, 0) is 16.0 Å². The van der Waals surface area contributed by atoms with Gasteiger partial charge in [0, 0.05) is 31.1 Å². The topological polar surface area (TPSA) is 21.7 Å². The van der Waals surface area contributed by atoms with E-state index >= 15 is 0 Å². The molecule has 0 spiro atoms. The van der Waals surface area contributed by atoms with E-state index in [1.165, 1.54) is 43.4 Å². The highest BCUT2D eigenvalue weighted by Crippen LogP contribution is 2.26. The Morgan fingerprint density at radius 3 is 2.91 bits per heavy atom.